The molecule has 0 spiro atoms. The van der Waals surface area contributed by atoms with Gasteiger partial charge in [0, 0.05) is 38.4 Å². The highest BCUT2D eigenvalue weighted by Crippen LogP contribution is 2.22. The van der Waals surface area contributed by atoms with E-state index in [-0.39, 0.29) is 5.91 Å². The summed E-state index contributed by atoms with van der Waals surface area (Å²) in [4.78, 5) is 17.1. The minimum atomic E-state index is 0.0131. The molecule has 1 saturated heterocycles. The average molecular weight is 428 g/mol. The fourth-order valence-corrected chi connectivity index (χ4v) is 3.67. The van der Waals surface area contributed by atoms with Crippen LogP contribution in [0.1, 0.15) is 5.56 Å². The van der Waals surface area contributed by atoms with Crippen molar-refractivity contribution in [3.05, 3.63) is 96.6 Å². The Hall–Kier alpha value is -3.41. The van der Waals surface area contributed by atoms with Gasteiger partial charge in [-0.3, -0.25) is 14.6 Å². The van der Waals surface area contributed by atoms with Crippen molar-refractivity contribution in [2.75, 3.05) is 44.6 Å². The first kappa shape index (κ1) is 21.8. The summed E-state index contributed by atoms with van der Waals surface area (Å²) >= 11 is 0. The highest BCUT2D eigenvalue weighted by atomic mass is 16.5. The molecule has 32 heavy (non-hydrogen) atoms. The van der Waals surface area contributed by atoms with Crippen LogP contribution in [0.2, 0.25) is 0 Å². The summed E-state index contributed by atoms with van der Waals surface area (Å²) in [6.07, 6.45) is 4.37. The number of hydrogen-bond acceptors (Lipinski definition) is 4. The monoisotopic (exact) mass is 427 g/mol. The lowest BCUT2D eigenvalue weighted by atomic mass is 10.2. The van der Waals surface area contributed by atoms with E-state index in [1.54, 1.807) is 0 Å². The van der Waals surface area contributed by atoms with Crippen LogP contribution in [0.15, 0.2) is 91.0 Å². The Bertz CT molecular complexity index is 996. The second-order valence-electron chi connectivity index (χ2n) is 7.88. The van der Waals surface area contributed by atoms with E-state index in [0.29, 0.717) is 6.54 Å². The molecule has 3 aromatic carbocycles. The second-order valence-corrected chi connectivity index (χ2v) is 7.88. The van der Waals surface area contributed by atoms with Crippen molar-refractivity contribution < 1.29 is 9.53 Å². The lowest BCUT2D eigenvalue weighted by Crippen LogP contribution is -2.48. The van der Waals surface area contributed by atoms with Crippen LogP contribution >= 0.6 is 0 Å². The molecule has 0 atom stereocenters. The summed E-state index contributed by atoms with van der Waals surface area (Å²) in [5, 5.41) is 2.98. The van der Waals surface area contributed by atoms with Crippen LogP contribution in [0.25, 0.3) is 6.08 Å². The van der Waals surface area contributed by atoms with Crippen LogP contribution in [-0.4, -0.2) is 55.0 Å². The van der Waals surface area contributed by atoms with Gasteiger partial charge in [-0.15, -0.1) is 0 Å². The smallest absolute Gasteiger partial charge is 0.238 e. The summed E-state index contributed by atoms with van der Waals surface area (Å²) in [5.41, 5.74) is 2.00. The zero-order valence-electron chi connectivity index (χ0n) is 18.2. The molecule has 0 aliphatic carbocycles. The number of piperazine rings is 1. The maximum absolute atomic E-state index is 12.5. The normalized spacial score (nSPS) is 15.0. The Labute approximate surface area is 189 Å². The number of carbonyl (C=O) groups excluding carboxylic acids is 1. The Morgan fingerprint density at radius 1 is 0.781 bits per heavy atom. The molecule has 0 saturated carbocycles. The summed E-state index contributed by atoms with van der Waals surface area (Å²) in [5.74, 6) is 1.55. The number of nitrogens with one attached hydrogen (secondary N) is 1. The quantitative estimate of drug-likeness (QED) is 0.564. The molecule has 0 unspecified atom stereocenters. The van der Waals surface area contributed by atoms with Crippen molar-refractivity contribution in [2.24, 2.45) is 0 Å². The SMILES string of the molecule is O=C(CN1CCN(CC=Cc2ccccc2)CC1)Nc1ccc(Oc2ccccc2)cc1. The largest absolute Gasteiger partial charge is 0.457 e. The van der Waals surface area contributed by atoms with Gasteiger partial charge in [0.1, 0.15) is 11.5 Å². The van der Waals surface area contributed by atoms with E-state index in [2.05, 4.69) is 51.5 Å². The molecule has 1 N–H and O–H groups in total. The fourth-order valence-electron chi connectivity index (χ4n) is 3.67. The van der Waals surface area contributed by atoms with Gasteiger partial charge in [-0.05, 0) is 42.0 Å². The number of rotatable bonds is 8. The molecule has 5 nitrogen and oxygen atoms in total. The first-order chi connectivity index (χ1) is 15.7. The first-order valence-electron chi connectivity index (χ1n) is 11.0. The zero-order valence-corrected chi connectivity index (χ0v) is 18.2. The summed E-state index contributed by atoms with van der Waals surface area (Å²) in [6, 6.07) is 27.5. The standard InChI is InChI=1S/C27H29N3O2/c31-27(28-24-13-15-26(16-14-24)32-25-11-5-2-6-12-25)22-30-20-18-29(19-21-30)17-7-10-23-8-3-1-4-9-23/h1-16H,17-22H2,(H,28,31). The van der Waals surface area contributed by atoms with E-state index in [9.17, 15) is 4.79 Å². The van der Waals surface area contributed by atoms with E-state index < -0.39 is 0 Å². The number of anilines is 1. The number of carbonyl (C=O) groups is 1. The molecule has 0 radical (unpaired) electrons. The van der Waals surface area contributed by atoms with Gasteiger partial charge in [-0.25, -0.2) is 0 Å². The summed E-state index contributed by atoms with van der Waals surface area (Å²) < 4.78 is 5.79. The van der Waals surface area contributed by atoms with Crippen LogP contribution in [0.3, 0.4) is 0 Å². The third kappa shape index (κ3) is 6.80. The molecule has 1 aliphatic heterocycles. The second kappa shape index (κ2) is 11.3. The fraction of sp³-hybridized carbons (Fsp3) is 0.222. The zero-order chi connectivity index (χ0) is 22.0. The molecule has 5 heteroatoms. The molecule has 1 fully saturated rings. The number of ether oxygens (including phenoxy) is 1. The van der Waals surface area contributed by atoms with Crippen LogP contribution in [0.4, 0.5) is 5.69 Å². The minimum Gasteiger partial charge on any atom is -0.457 e. The van der Waals surface area contributed by atoms with Crippen molar-refractivity contribution >= 4 is 17.7 Å². The Balaban J connectivity index is 1.17. The van der Waals surface area contributed by atoms with Gasteiger partial charge in [0.2, 0.25) is 5.91 Å². The van der Waals surface area contributed by atoms with Crippen molar-refractivity contribution in [3.63, 3.8) is 0 Å². The van der Waals surface area contributed by atoms with Crippen molar-refractivity contribution in [3.8, 4) is 11.5 Å². The van der Waals surface area contributed by atoms with Crippen molar-refractivity contribution in [2.45, 2.75) is 0 Å². The Kier molecular flexibility index (Phi) is 7.69. The molecular formula is C27H29N3O2. The predicted octanol–water partition coefficient (Wildman–Crippen LogP) is 4.75. The van der Waals surface area contributed by atoms with E-state index >= 15 is 0 Å². The third-order valence-corrected chi connectivity index (χ3v) is 5.42. The molecule has 1 heterocycles. The summed E-state index contributed by atoms with van der Waals surface area (Å²) in [6.45, 7) is 5.09. The lowest BCUT2D eigenvalue weighted by Gasteiger charge is -2.33. The number of benzene rings is 3. The highest BCUT2D eigenvalue weighted by molar-refractivity contribution is 5.92. The number of nitrogens with zero attached hydrogens (tertiary/aromatic N) is 2. The van der Waals surface area contributed by atoms with Gasteiger partial charge >= 0.3 is 0 Å². The molecule has 0 bridgehead atoms. The average Bonchev–Trinajstić information content (AvgIpc) is 2.83. The molecule has 1 aliphatic rings. The van der Waals surface area contributed by atoms with Gasteiger partial charge < -0.3 is 10.1 Å². The van der Waals surface area contributed by atoms with Crippen LogP contribution in [-0.2, 0) is 4.79 Å². The van der Waals surface area contributed by atoms with Crippen molar-refractivity contribution in [1.82, 2.24) is 9.80 Å². The van der Waals surface area contributed by atoms with E-state index in [0.717, 1.165) is 49.9 Å². The number of hydrogen-bond donors (Lipinski definition) is 1. The van der Waals surface area contributed by atoms with E-state index in [1.165, 1.54) is 5.56 Å². The predicted molar refractivity (Wildman–Crippen MR) is 130 cm³/mol. The molecule has 4 rings (SSSR count). The lowest BCUT2D eigenvalue weighted by molar-refractivity contribution is -0.117. The maximum Gasteiger partial charge on any atom is 0.238 e. The molecular weight excluding hydrogens is 398 g/mol. The first-order valence-corrected chi connectivity index (χ1v) is 11.0. The molecule has 1 amide bonds. The van der Waals surface area contributed by atoms with Gasteiger partial charge in [0.15, 0.2) is 0 Å². The van der Waals surface area contributed by atoms with E-state index in [1.807, 2.05) is 60.7 Å². The third-order valence-electron chi connectivity index (χ3n) is 5.42. The van der Waals surface area contributed by atoms with Gasteiger partial charge in [0.05, 0.1) is 6.54 Å². The van der Waals surface area contributed by atoms with Gasteiger partial charge in [-0.2, -0.15) is 0 Å². The van der Waals surface area contributed by atoms with Crippen LogP contribution in [0.5, 0.6) is 11.5 Å². The molecule has 164 valence electrons. The molecule has 0 aromatic heterocycles. The maximum atomic E-state index is 12.5. The number of para-hydroxylation sites is 1. The van der Waals surface area contributed by atoms with Crippen LogP contribution < -0.4 is 10.1 Å². The topological polar surface area (TPSA) is 44.8 Å². The van der Waals surface area contributed by atoms with Crippen molar-refractivity contribution in [1.29, 1.82) is 0 Å². The Morgan fingerprint density at radius 2 is 1.38 bits per heavy atom. The number of amides is 1. The Morgan fingerprint density at radius 3 is 2.06 bits per heavy atom. The highest BCUT2D eigenvalue weighted by Gasteiger charge is 2.18. The van der Waals surface area contributed by atoms with Crippen LogP contribution in [0, 0.1) is 0 Å². The van der Waals surface area contributed by atoms with Gasteiger partial charge in [0.25, 0.3) is 0 Å². The molecule has 3 aromatic rings. The van der Waals surface area contributed by atoms with Gasteiger partial charge in [-0.1, -0.05) is 60.7 Å². The summed E-state index contributed by atoms with van der Waals surface area (Å²) in [7, 11) is 0. The minimum absolute atomic E-state index is 0.0131. The van der Waals surface area contributed by atoms with E-state index in [4.69, 9.17) is 4.74 Å².